The summed E-state index contributed by atoms with van der Waals surface area (Å²) in [4.78, 5) is 0. The average Bonchev–Trinajstić information content (AvgIpc) is 2.97. The first-order valence-electron chi connectivity index (χ1n) is 7.95. The van der Waals surface area contributed by atoms with Crippen molar-refractivity contribution in [3.05, 3.63) is 53.5 Å². The standard InChI is InChI=1S/C19H27NO2/c1-5-21-18-9-8-15(19(2,3)4)12-17(18)14(13-20)11-16-7-6-10-22-16/h6-10,12,14H,5,11,13,20H2,1-4H3. The molecule has 1 atom stereocenters. The lowest BCUT2D eigenvalue weighted by Gasteiger charge is -2.24. The van der Waals surface area contributed by atoms with Crippen molar-refractivity contribution in [3.63, 3.8) is 0 Å². The van der Waals surface area contributed by atoms with Crippen LogP contribution in [0.3, 0.4) is 0 Å². The lowest BCUT2D eigenvalue weighted by Crippen LogP contribution is -2.18. The number of ether oxygens (including phenoxy) is 1. The molecule has 22 heavy (non-hydrogen) atoms. The Hall–Kier alpha value is -1.74. The predicted molar refractivity (Wildman–Crippen MR) is 90.5 cm³/mol. The Balaban J connectivity index is 2.39. The molecule has 2 N–H and O–H groups in total. The Morgan fingerprint density at radius 2 is 2.00 bits per heavy atom. The van der Waals surface area contributed by atoms with E-state index in [-0.39, 0.29) is 11.3 Å². The molecule has 3 heteroatoms. The van der Waals surface area contributed by atoms with Crippen molar-refractivity contribution >= 4 is 0 Å². The molecule has 1 aromatic carbocycles. The zero-order valence-corrected chi connectivity index (χ0v) is 14.1. The van der Waals surface area contributed by atoms with E-state index in [0.717, 1.165) is 17.9 Å². The maximum absolute atomic E-state index is 6.05. The third-order valence-corrected chi connectivity index (χ3v) is 3.93. The van der Waals surface area contributed by atoms with Gasteiger partial charge in [0.05, 0.1) is 12.9 Å². The van der Waals surface area contributed by atoms with Gasteiger partial charge in [0, 0.05) is 12.3 Å². The molecule has 0 saturated carbocycles. The molecule has 0 bridgehead atoms. The molecule has 0 aliphatic rings. The SMILES string of the molecule is CCOc1ccc(C(C)(C)C)cc1C(CN)Cc1ccco1. The van der Waals surface area contributed by atoms with E-state index in [9.17, 15) is 0 Å². The molecule has 1 aromatic heterocycles. The van der Waals surface area contributed by atoms with Gasteiger partial charge >= 0.3 is 0 Å². The molecule has 0 saturated heterocycles. The van der Waals surface area contributed by atoms with Crippen molar-refractivity contribution in [2.45, 2.75) is 45.4 Å². The van der Waals surface area contributed by atoms with Gasteiger partial charge in [0.2, 0.25) is 0 Å². The molecule has 1 unspecified atom stereocenters. The van der Waals surface area contributed by atoms with Gasteiger partial charge in [-0.05, 0) is 48.2 Å². The van der Waals surface area contributed by atoms with Crippen LogP contribution in [0.25, 0.3) is 0 Å². The van der Waals surface area contributed by atoms with E-state index < -0.39 is 0 Å². The zero-order valence-electron chi connectivity index (χ0n) is 14.1. The minimum atomic E-state index is 0.101. The van der Waals surface area contributed by atoms with E-state index in [1.165, 1.54) is 11.1 Å². The van der Waals surface area contributed by atoms with Crippen LogP contribution >= 0.6 is 0 Å². The van der Waals surface area contributed by atoms with E-state index in [4.69, 9.17) is 14.9 Å². The van der Waals surface area contributed by atoms with Gasteiger partial charge in [-0.25, -0.2) is 0 Å². The van der Waals surface area contributed by atoms with E-state index in [0.29, 0.717) is 13.2 Å². The normalized spacial score (nSPS) is 13.1. The molecule has 0 fully saturated rings. The van der Waals surface area contributed by atoms with Crippen molar-refractivity contribution in [2.24, 2.45) is 5.73 Å². The summed E-state index contributed by atoms with van der Waals surface area (Å²) in [6.07, 6.45) is 2.50. The van der Waals surface area contributed by atoms with Gasteiger partial charge in [0.25, 0.3) is 0 Å². The summed E-state index contributed by atoms with van der Waals surface area (Å²) in [6.45, 7) is 9.88. The zero-order chi connectivity index (χ0) is 16.2. The Morgan fingerprint density at radius 1 is 1.23 bits per heavy atom. The Kier molecular flexibility index (Phi) is 5.30. The summed E-state index contributed by atoms with van der Waals surface area (Å²) in [5.41, 5.74) is 8.62. The van der Waals surface area contributed by atoms with Gasteiger partial charge in [-0.1, -0.05) is 32.9 Å². The lowest BCUT2D eigenvalue weighted by molar-refractivity contribution is 0.333. The summed E-state index contributed by atoms with van der Waals surface area (Å²) in [7, 11) is 0. The van der Waals surface area contributed by atoms with Crippen LogP contribution in [0.2, 0.25) is 0 Å². The summed E-state index contributed by atoms with van der Waals surface area (Å²) in [5, 5.41) is 0. The number of benzene rings is 1. The van der Waals surface area contributed by atoms with Gasteiger partial charge in [0.1, 0.15) is 11.5 Å². The number of rotatable bonds is 6. The summed E-state index contributed by atoms with van der Waals surface area (Å²) in [5.74, 6) is 2.08. The fraction of sp³-hybridized carbons (Fsp3) is 0.474. The molecule has 0 radical (unpaired) electrons. The molecular formula is C19H27NO2. The van der Waals surface area contributed by atoms with Crippen LogP contribution in [-0.4, -0.2) is 13.2 Å². The van der Waals surface area contributed by atoms with Gasteiger partial charge < -0.3 is 14.9 Å². The maximum Gasteiger partial charge on any atom is 0.122 e. The van der Waals surface area contributed by atoms with Crippen molar-refractivity contribution in [1.29, 1.82) is 0 Å². The van der Waals surface area contributed by atoms with Crippen LogP contribution in [0.5, 0.6) is 5.75 Å². The second-order valence-corrected chi connectivity index (χ2v) is 6.65. The van der Waals surface area contributed by atoms with E-state index in [1.807, 2.05) is 19.1 Å². The second-order valence-electron chi connectivity index (χ2n) is 6.65. The number of hydrogen-bond acceptors (Lipinski definition) is 3. The van der Waals surface area contributed by atoms with Crippen LogP contribution < -0.4 is 10.5 Å². The van der Waals surface area contributed by atoms with E-state index in [1.54, 1.807) is 6.26 Å². The Labute approximate surface area is 133 Å². The van der Waals surface area contributed by atoms with Crippen molar-refractivity contribution in [1.82, 2.24) is 0 Å². The van der Waals surface area contributed by atoms with E-state index in [2.05, 4.69) is 39.0 Å². The first-order valence-corrected chi connectivity index (χ1v) is 7.95. The van der Waals surface area contributed by atoms with Crippen LogP contribution in [0.15, 0.2) is 41.0 Å². The quantitative estimate of drug-likeness (QED) is 0.867. The topological polar surface area (TPSA) is 48.4 Å². The summed E-state index contributed by atoms with van der Waals surface area (Å²) in [6, 6.07) is 10.4. The number of furan rings is 1. The first-order chi connectivity index (χ1) is 10.5. The largest absolute Gasteiger partial charge is 0.494 e. The molecular weight excluding hydrogens is 274 g/mol. The monoisotopic (exact) mass is 301 g/mol. The predicted octanol–water partition coefficient (Wildman–Crippen LogP) is 4.26. The van der Waals surface area contributed by atoms with E-state index >= 15 is 0 Å². The molecule has 1 heterocycles. The van der Waals surface area contributed by atoms with Crippen LogP contribution in [-0.2, 0) is 11.8 Å². The van der Waals surface area contributed by atoms with Gasteiger partial charge in [-0.2, -0.15) is 0 Å². The highest BCUT2D eigenvalue weighted by Gasteiger charge is 2.21. The van der Waals surface area contributed by atoms with Gasteiger partial charge in [0.15, 0.2) is 0 Å². The fourth-order valence-electron chi connectivity index (χ4n) is 2.61. The molecule has 3 nitrogen and oxygen atoms in total. The van der Waals surface area contributed by atoms with Crippen molar-refractivity contribution < 1.29 is 9.15 Å². The Morgan fingerprint density at radius 3 is 2.55 bits per heavy atom. The second kappa shape index (κ2) is 7.01. The van der Waals surface area contributed by atoms with Crippen LogP contribution in [0.1, 0.15) is 50.5 Å². The third-order valence-electron chi connectivity index (χ3n) is 3.93. The van der Waals surface area contributed by atoms with Crippen LogP contribution in [0.4, 0.5) is 0 Å². The van der Waals surface area contributed by atoms with Gasteiger partial charge in [-0.15, -0.1) is 0 Å². The molecule has 0 spiro atoms. The number of nitrogens with two attached hydrogens (primary N) is 1. The molecule has 0 aliphatic heterocycles. The highest BCUT2D eigenvalue weighted by atomic mass is 16.5. The Bertz CT molecular complexity index is 582. The molecule has 2 rings (SSSR count). The average molecular weight is 301 g/mol. The summed E-state index contributed by atoms with van der Waals surface area (Å²) < 4.78 is 11.3. The minimum Gasteiger partial charge on any atom is -0.494 e. The van der Waals surface area contributed by atoms with Gasteiger partial charge in [-0.3, -0.25) is 0 Å². The molecule has 0 amide bonds. The highest BCUT2D eigenvalue weighted by Crippen LogP contribution is 2.34. The first kappa shape index (κ1) is 16.6. The molecule has 120 valence electrons. The van der Waals surface area contributed by atoms with Crippen molar-refractivity contribution in [3.8, 4) is 5.75 Å². The minimum absolute atomic E-state index is 0.101. The maximum atomic E-state index is 6.05. The van der Waals surface area contributed by atoms with Crippen molar-refractivity contribution in [2.75, 3.05) is 13.2 Å². The summed E-state index contributed by atoms with van der Waals surface area (Å²) >= 11 is 0. The smallest absolute Gasteiger partial charge is 0.122 e. The number of hydrogen-bond donors (Lipinski definition) is 1. The lowest BCUT2D eigenvalue weighted by atomic mass is 9.83. The highest BCUT2D eigenvalue weighted by molar-refractivity contribution is 5.42. The molecule has 0 aliphatic carbocycles. The fourth-order valence-corrected chi connectivity index (χ4v) is 2.61. The molecule has 2 aromatic rings. The van der Waals surface area contributed by atoms with Crippen LogP contribution in [0, 0.1) is 0 Å². The third kappa shape index (κ3) is 3.92.